The van der Waals surface area contributed by atoms with Crippen molar-refractivity contribution >= 4 is 23.8 Å². The highest BCUT2D eigenvalue weighted by Gasteiger charge is 2.45. The molecule has 0 saturated heterocycles. The number of nitrogens with zero attached hydrogens (tertiary/aromatic N) is 1. The molecule has 22 heavy (non-hydrogen) atoms. The molecule has 0 fully saturated rings. The van der Waals surface area contributed by atoms with Crippen LogP contribution in [0.2, 0.25) is 0 Å². The Hall–Kier alpha value is -2.54. The van der Waals surface area contributed by atoms with Crippen molar-refractivity contribution in [1.29, 1.82) is 0 Å². The molecule has 114 valence electrons. The third-order valence-corrected chi connectivity index (χ3v) is 3.86. The number of hydrogen-bond donors (Lipinski definition) is 1. The summed E-state index contributed by atoms with van der Waals surface area (Å²) in [6.07, 6.45) is 1.41. The summed E-state index contributed by atoms with van der Waals surface area (Å²) in [4.78, 5) is 49.8. The Labute approximate surface area is 126 Å². The van der Waals surface area contributed by atoms with Crippen molar-refractivity contribution in [3.63, 3.8) is 0 Å². The van der Waals surface area contributed by atoms with Crippen LogP contribution >= 0.6 is 0 Å². The number of nitrogens with two attached hydrogens (primary N) is 1. The molecule has 0 aromatic heterocycles. The maximum Gasteiger partial charge on any atom is 0.345 e. The predicted octanol–water partition coefficient (Wildman–Crippen LogP) is 0.477. The van der Waals surface area contributed by atoms with E-state index in [9.17, 15) is 19.2 Å². The summed E-state index contributed by atoms with van der Waals surface area (Å²) in [7, 11) is 0. The molecule has 1 unspecified atom stereocenters. The maximum absolute atomic E-state index is 12.4. The number of unbranched alkanes of at least 4 members (excludes halogenated alkanes) is 1. The number of hydrogen-bond acceptors (Lipinski definition) is 6. The van der Waals surface area contributed by atoms with Crippen molar-refractivity contribution in [2.24, 2.45) is 5.73 Å². The van der Waals surface area contributed by atoms with Gasteiger partial charge in [0.1, 0.15) is 6.04 Å². The van der Waals surface area contributed by atoms with E-state index < -0.39 is 29.8 Å². The molecule has 2 heterocycles. The van der Waals surface area contributed by atoms with Gasteiger partial charge in [-0.2, -0.15) is 0 Å². The fourth-order valence-electron chi connectivity index (χ4n) is 2.72. The first-order chi connectivity index (χ1) is 10.5. The van der Waals surface area contributed by atoms with E-state index in [1.807, 2.05) is 0 Å². The summed E-state index contributed by atoms with van der Waals surface area (Å²) in [5.41, 5.74) is 5.84. The normalized spacial score (nSPS) is 20.0. The van der Waals surface area contributed by atoms with Crippen LogP contribution in [0.3, 0.4) is 0 Å². The lowest BCUT2D eigenvalue weighted by Gasteiger charge is -2.23. The molecule has 2 aliphatic rings. The SMILES string of the molecule is NCCCCC1C(=O)OC(=O)c2ccc3c(c2)C(=O)N1C3=O. The van der Waals surface area contributed by atoms with Crippen molar-refractivity contribution in [2.45, 2.75) is 25.3 Å². The molecule has 0 aliphatic carbocycles. The quantitative estimate of drug-likeness (QED) is 0.375. The predicted molar refractivity (Wildman–Crippen MR) is 74.1 cm³/mol. The number of carbonyl (C=O) groups excluding carboxylic acids is 4. The number of esters is 2. The van der Waals surface area contributed by atoms with Crippen LogP contribution in [0.1, 0.15) is 50.3 Å². The minimum Gasteiger partial charge on any atom is -0.388 e. The lowest BCUT2D eigenvalue weighted by Crippen LogP contribution is -2.46. The second-order valence-corrected chi connectivity index (χ2v) is 5.25. The van der Waals surface area contributed by atoms with E-state index in [1.165, 1.54) is 18.2 Å². The molecule has 2 amide bonds. The minimum atomic E-state index is -1.10. The summed E-state index contributed by atoms with van der Waals surface area (Å²) in [6.45, 7) is 0.436. The number of fused-ring (bicyclic) bond motifs is 2. The van der Waals surface area contributed by atoms with Gasteiger partial charge in [0.05, 0.1) is 16.7 Å². The second-order valence-electron chi connectivity index (χ2n) is 5.25. The zero-order valence-corrected chi connectivity index (χ0v) is 11.7. The Kier molecular flexibility index (Phi) is 3.50. The smallest absolute Gasteiger partial charge is 0.345 e. The van der Waals surface area contributed by atoms with Gasteiger partial charge in [-0.05, 0) is 44.0 Å². The Bertz CT molecular complexity index is 697. The highest BCUT2D eigenvalue weighted by atomic mass is 16.6. The van der Waals surface area contributed by atoms with Crippen LogP contribution in [0.15, 0.2) is 18.2 Å². The molecule has 0 radical (unpaired) electrons. The zero-order chi connectivity index (χ0) is 15.9. The van der Waals surface area contributed by atoms with Gasteiger partial charge in [-0.15, -0.1) is 0 Å². The first-order valence-electron chi connectivity index (χ1n) is 7.02. The molecule has 2 N–H and O–H groups in total. The molecule has 7 nitrogen and oxygen atoms in total. The van der Waals surface area contributed by atoms with Gasteiger partial charge < -0.3 is 10.5 Å². The number of imide groups is 1. The third-order valence-electron chi connectivity index (χ3n) is 3.86. The minimum absolute atomic E-state index is 0.0812. The Morgan fingerprint density at radius 3 is 2.50 bits per heavy atom. The average Bonchev–Trinajstić information content (AvgIpc) is 2.75. The number of benzene rings is 1. The highest BCUT2D eigenvalue weighted by Crippen LogP contribution is 2.29. The number of ether oxygens (including phenoxy) is 1. The summed E-state index contributed by atoms with van der Waals surface area (Å²) in [5, 5.41) is 0. The maximum atomic E-state index is 12.4. The van der Waals surface area contributed by atoms with Crippen LogP contribution in [-0.4, -0.2) is 41.2 Å². The number of rotatable bonds is 4. The van der Waals surface area contributed by atoms with Crippen molar-refractivity contribution in [2.75, 3.05) is 6.54 Å². The van der Waals surface area contributed by atoms with Gasteiger partial charge in [0.15, 0.2) is 0 Å². The molecule has 0 spiro atoms. The highest BCUT2D eigenvalue weighted by molar-refractivity contribution is 6.24. The topological polar surface area (TPSA) is 107 Å². The Balaban J connectivity index is 2.05. The van der Waals surface area contributed by atoms with E-state index in [2.05, 4.69) is 0 Å². The molecule has 1 aromatic carbocycles. The number of cyclic esters (lactones) is 2. The molecule has 7 heteroatoms. The van der Waals surface area contributed by atoms with Crippen LogP contribution < -0.4 is 5.73 Å². The van der Waals surface area contributed by atoms with E-state index in [0.717, 1.165) is 4.90 Å². The molecule has 3 bridgehead atoms. The van der Waals surface area contributed by atoms with E-state index in [4.69, 9.17) is 10.5 Å². The standard InChI is InChI=1S/C15H14N2O5/c16-6-2-1-3-11-15(21)22-14(20)8-4-5-9-10(7-8)13(19)17(11)12(9)18/h4-5,7,11H,1-3,6,16H2. The summed E-state index contributed by atoms with van der Waals surface area (Å²) >= 11 is 0. The van der Waals surface area contributed by atoms with Crippen LogP contribution in [0.25, 0.3) is 0 Å². The summed E-state index contributed by atoms with van der Waals surface area (Å²) < 4.78 is 4.79. The monoisotopic (exact) mass is 302 g/mol. The molecular formula is C15H14N2O5. The lowest BCUT2D eigenvalue weighted by molar-refractivity contribution is -0.142. The zero-order valence-electron chi connectivity index (χ0n) is 11.7. The van der Waals surface area contributed by atoms with E-state index >= 15 is 0 Å². The molecule has 2 aliphatic heterocycles. The third kappa shape index (κ3) is 2.10. The van der Waals surface area contributed by atoms with E-state index in [0.29, 0.717) is 19.4 Å². The molecule has 3 rings (SSSR count). The molecule has 0 saturated carbocycles. The number of carbonyl (C=O) groups is 4. The number of amides is 2. The fraction of sp³-hybridized carbons (Fsp3) is 0.333. The van der Waals surface area contributed by atoms with Gasteiger partial charge in [0, 0.05) is 0 Å². The van der Waals surface area contributed by atoms with Gasteiger partial charge in [-0.1, -0.05) is 0 Å². The summed E-state index contributed by atoms with van der Waals surface area (Å²) in [5.74, 6) is -2.79. The molecular weight excluding hydrogens is 288 g/mol. The van der Waals surface area contributed by atoms with Crippen LogP contribution in [0.5, 0.6) is 0 Å². The van der Waals surface area contributed by atoms with Gasteiger partial charge in [-0.3, -0.25) is 14.5 Å². The fourth-order valence-corrected chi connectivity index (χ4v) is 2.72. The lowest BCUT2D eigenvalue weighted by atomic mass is 10.1. The van der Waals surface area contributed by atoms with Crippen LogP contribution in [-0.2, 0) is 9.53 Å². The second kappa shape index (κ2) is 5.34. The van der Waals surface area contributed by atoms with Gasteiger partial charge >= 0.3 is 11.9 Å². The van der Waals surface area contributed by atoms with Crippen LogP contribution in [0.4, 0.5) is 0 Å². The first kappa shape index (κ1) is 14.4. The largest absolute Gasteiger partial charge is 0.388 e. The van der Waals surface area contributed by atoms with E-state index in [-0.39, 0.29) is 23.1 Å². The van der Waals surface area contributed by atoms with Crippen molar-refractivity contribution in [3.05, 3.63) is 34.9 Å². The van der Waals surface area contributed by atoms with E-state index in [1.54, 1.807) is 0 Å². The average molecular weight is 302 g/mol. The van der Waals surface area contributed by atoms with Gasteiger partial charge in [0.2, 0.25) is 0 Å². The first-order valence-corrected chi connectivity index (χ1v) is 7.02. The van der Waals surface area contributed by atoms with Crippen molar-refractivity contribution in [3.8, 4) is 0 Å². The Morgan fingerprint density at radius 1 is 1.05 bits per heavy atom. The summed E-state index contributed by atoms with van der Waals surface area (Å²) in [6, 6.07) is 2.99. The Morgan fingerprint density at radius 2 is 1.77 bits per heavy atom. The van der Waals surface area contributed by atoms with Crippen molar-refractivity contribution < 1.29 is 23.9 Å². The van der Waals surface area contributed by atoms with Gasteiger partial charge in [-0.25, -0.2) is 9.59 Å². The molecule has 1 atom stereocenters. The molecule has 1 aromatic rings. The van der Waals surface area contributed by atoms with Crippen LogP contribution in [0, 0.1) is 0 Å². The van der Waals surface area contributed by atoms with Gasteiger partial charge in [0.25, 0.3) is 11.8 Å². The van der Waals surface area contributed by atoms with Crippen molar-refractivity contribution in [1.82, 2.24) is 4.90 Å².